The first-order valence-electron chi connectivity index (χ1n) is 9.54. The van der Waals surface area contributed by atoms with Crippen molar-refractivity contribution in [2.24, 2.45) is 0 Å². The first-order chi connectivity index (χ1) is 13.6. The third kappa shape index (κ3) is 4.94. The van der Waals surface area contributed by atoms with E-state index in [0.29, 0.717) is 6.61 Å². The van der Waals surface area contributed by atoms with Crippen molar-refractivity contribution in [3.05, 3.63) is 46.5 Å². The van der Waals surface area contributed by atoms with Crippen molar-refractivity contribution in [2.45, 2.75) is 44.7 Å². The summed E-state index contributed by atoms with van der Waals surface area (Å²) in [6.45, 7) is 2.60. The number of aromatic nitrogens is 2. The molecule has 0 bridgehead atoms. The normalized spacial score (nSPS) is 15.4. The lowest BCUT2D eigenvalue weighted by Gasteiger charge is -2.31. The van der Waals surface area contributed by atoms with Crippen molar-refractivity contribution in [3.8, 4) is 0 Å². The van der Waals surface area contributed by atoms with E-state index in [0.717, 1.165) is 48.3 Å². The number of nitrogens with zero attached hydrogens (tertiary/aromatic N) is 3. The van der Waals surface area contributed by atoms with E-state index in [9.17, 15) is 9.59 Å². The number of benzene rings is 1. The largest absolute Gasteiger partial charge is 0.383 e. The fourth-order valence-electron chi connectivity index (χ4n) is 3.51. The number of rotatable bonds is 8. The molecule has 0 saturated heterocycles. The predicted molar refractivity (Wildman–Crippen MR) is 107 cm³/mol. The molecule has 0 aliphatic heterocycles. The van der Waals surface area contributed by atoms with Crippen LogP contribution in [0.2, 0.25) is 0 Å². The first-order valence-corrected chi connectivity index (χ1v) is 10.4. The van der Waals surface area contributed by atoms with Gasteiger partial charge in [-0.05, 0) is 36.9 Å². The van der Waals surface area contributed by atoms with Gasteiger partial charge >= 0.3 is 0 Å². The number of nitrogens with one attached hydrogen (secondary N) is 1. The molecule has 1 aromatic carbocycles. The first kappa shape index (κ1) is 20.4. The summed E-state index contributed by atoms with van der Waals surface area (Å²) in [6, 6.07) is 7.14. The molecule has 8 heteroatoms. The molecule has 1 aliphatic carbocycles. The number of carbonyl (C=O) groups excluding carboxylic acids is 2. The van der Waals surface area contributed by atoms with Gasteiger partial charge in [0.25, 0.3) is 5.91 Å². The Balaban J connectivity index is 1.93. The van der Waals surface area contributed by atoms with Crippen LogP contribution in [0, 0.1) is 6.92 Å². The van der Waals surface area contributed by atoms with Crippen LogP contribution in [0.3, 0.4) is 0 Å². The van der Waals surface area contributed by atoms with Crippen molar-refractivity contribution in [2.75, 3.05) is 20.3 Å². The van der Waals surface area contributed by atoms with E-state index >= 15 is 0 Å². The summed E-state index contributed by atoms with van der Waals surface area (Å²) >= 11 is 1.11. The van der Waals surface area contributed by atoms with E-state index in [-0.39, 0.29) is 30.1 Å². The van der Waals surface area contributed by atoms with E-state index in [1.165, 1.54) is 4.90 Å². The van der Waals surface area contributed by atoms with Gasteiger partial charge in [-0.25, -0.2) is 0 Å². The Morgan fingerprint density at radius 3 is 2.61 bits per heavy atom. The minimum absolute atomic E-state index is 0.164. The van der Waals surface area contributed by atoms with Crippen molar-refractivity contribution in [1.29, 1.82) is 0 Å². The molecule has 1 aliphatic rings. The number of carbonyl (C=O) groups is 2. The topological polar surface area (TPSA) is 84.4 Å². The summed E-state index contributed by atoms with van der Waals surface area (Å²) in [5.74, 6) is -0.485. The van der Waals surface area contributed by atoms with Crippen LogP contribution in [-0.2, 0) is 9.53 Å². The second kappa shape index (κ2) is 9.75. The van der Waals surface area contributed by atoms with Gasteiger partial charge in [0.15, 0.2) is 5.69 Å². The van der Waals surface area contributed by atoms with E-state index in [2.05, 4.69) is 14.9 Å². The Morgan fingerprint density at radius 1 is 1.29 bits per heavy atom. The quantitative estimate of drug-likeness (QED) is 0.734. The molecular formula is C20H26N4O3S. The van der Waals surface area contributed by atoms with Crippen LogP contribution in [0.25, 0.3) is 0 Å². The van der Waals surface area contributed by atoms with Gasteiger partial charge in [-0.3, -0.25) is 9.59 Å². The molecule has 1 fully saturated rings. The number of aryl methyl sites for hydroxylation is 1. The van der Waals surface area contributed by atoms with Gasteiger partial charge in [0.05, 0.1) is 6.61 Å². The smallest absolute Gasteiger partial charge is 0.276 e. The zero-order chi connectivity index (χ0) is 19.9. The van der Waals surface area contributed by atoms with Crippen molar-refractivity contribution >= 4 is 23.3 Å². The molecule has 0 radical (unpaired) electrons. The molecule has 2 aromatic rings. The SMILES string of the molecule is COCCN(C(=O)c1csnn1)[C@H](C(=O)NC1CCCC1)c1ccc(C)cc1. The number of methoxy groups -OCH3 is 1. The highest BCUT2D eigenvalue weighted by atomic mass is 32.1. The van der Waals surface area contributed by atoms with Gasteiger partial charge in [0.2, 0.25) is 5.91 Å². The molecule has 1 heterocycles. The van der Waals surface area contributed by atoms with Gasteiger partial charge in [-0.1, -0.05) is 47.2 Å². The Labute approximate surface area is 169 Å². The van der Waals surface area contributed by atoms with E-state index in [4.69, 9.17) is 4.74 Å². The average Bonchev–Trinajstić information content (AvgIpc) is 3.39. The second-order valence-electron chi connectivity index (χ2n) is 7.08. The Morgan fingerprint density at radius 2 is 2.00 bits per heavy atom. The highest BCUT2D eigenvalue weighted by molar-refractivity contribution is 7.03. The third-order valence-corrected chi connectivity index (χ3v) is 5.54. The Hall–Kier alpha value is -2.32. The lowest BCUT2D eigenvalue weighted by molar-refractivity contribution is -0.126. The average molecular weight is 403 g/mol. The van der Waals surface area contributed by atoms with Crippen LogP contribution >= 0.6 is 11.5 Å². The Kier molecular flexibility index (Phi) is 7.11. The maximum atomic E-state index is 13.3. The lowest BCUT2D eigenvalue weighted by Crippen LogP contribution is -2.47. The third-order valence-electron chi connectivity index (χ3n) is 5.03. The van der Waals surface area contributed by atoms with Crippen molar-refractivity contribution in [3.63, 3.8) is 0 Å². The molecule has 0 spiro atoms. The molecular weight excluding hydrogens is 376 g/mol. The highest BCUT2D eigenvalue weighted by Crippen LogP contribution is 2.26. The van der Waals surface area contributed by atoms with Crippen molar-refractivity contribution in [1.82, 2.24) is 19.8 Å². The summed E-state index contributed by atoms with van der Waals surface area (Å²) in [7, 11) is 1.58. The molecule has 7 nitrogen and oxygen atoms in total. The number of ether oxygens (including phenoxy) is 1. The maximum Gasteiger partial charge on any atom is 0.276 e. The molecule has 1 atom stereocenters. The fraction of sp³-hybridized carbons (Fsp3) is 0.500. The highest BCUT2D eigenvalue weighted by Gasteiger charge is 2.34. The summed E-state index contributed by atoms with van der Waals surface area (Å²) in [5.41, 5.74) is 2.11. The minimum Gasteiger partial charge on any atom is -0.383 e. The monoisotopic (exact) mass is 402 g/mol. The molecule has 28 heavy (non-hydrogen) atoms. The number of hydrogen-bond donors (Lipinski definition) is 1. The summed E-state index contributed by atoms with van der Waals surface area (Å²) in [6.07, 6.45) is 4.21. The van der Waals surface area contributed by atoms with Crippen LogP contribution in [0.1, 0.15) is 53.3 Å². The van der Waals surface area contributed by atoms with E-state index in [1.54, 1.807) is 12.5 Å². The second-order valence-corrected chi connectivity index (χ2v) is 7.69. The van der Waals surface area contributed by atoms with E-state index in [1.807, 2.05) is 31.2 Å². The molecule has 1 N–H and O–H groups in total. The van der Waals surface area contributed by atoms with Gasteiger partial charge in [-0.2, -0.15) is 0 Å². The molecule has 3 rings (SSSR count). The molecule has 1 saturated carbocycles. The zero-order valence-electron chi connectivity index (χ0n) is 16.3. The van der Waals surface area contributed by atoms with Gasteiger partial charge in [0, 0.05) is 25.1 Å². The maximum absolute atomic E-state index is 13.3. The number of amides is 2. The Bertz CT molecular complexity index is 773. The number of hydrogen-bond acceptors (Lipinski definition) is 6. The predicted octanol–water partition coefficient (Wildman–Crippen LogP) is 2.74. The van der Waals surface area contributed by atoms with Gasteiger partial charge in [-0.15, -0.1) is 5.10 Å². The molecule has 1 aromatic heterocycles. The van der Waals surface area contributed by atoms with Crippen LogP contribution in [-0.4, -0.2) is 52.6 Å². The van der Waals surface area contributed by atoms with Gasteiger partial charge in [0.1, 0.15) is 6.04 Å². The molecule has 2 amide bonds. The molecule has 150 valence electrons. The summed E-state index contributed by atoms with van der Waals surface area (Å²) in [4.78, 5) is 28.0. The standard InChI is InChI=1S/C20H26N4O3S/c1-14-7-9-15(10-8-14)18(19(25)21-16-5-3-4-6-16)24(11-12-27-2)20(26)17-13-28-23-22-17/h7-10,13,16,18H,3-6,11-12H2,1-2H3,(H,21,25)/t18-/m0/s1. The van der Waals surface area contributed by atoms with Crippen molar-refractivity contribution < 1.29 is 14.3 Å². The van der Waals surface area contributed by atoms with Crippen LogP contribution in [0.15, 0.2) is 29.6 Å². The van der Waals surface area contributed by atoms with Crippen LogP contribution in [0.4, 0.5) is 0 Å². The summed E-state index contributed by atoms with van der Waals surface area (Å²) in [5, 5.41) is 8.65. The molecule has 0 unspecified atom stereocenters. The van der Waals surface area contributed by atoms with Gasteiger partial charge < -0.3 is 15.0 Å². The summed E-state index contributed by atoms with van der Waals surface area (Å²) < 4.78 is 8.99. The minimum atomic E-state index is -0.745. The van der Waals surface area contributed by atoms with Crippen LogP contribution in [0.5, 0.6) is 0 Å². The zero-order valence-corrected chi connectivity index (χ0v) is 17.1. The fourth-order valence-corrected chi connectivity index (χ4v) is 3.94. The lowest BCUT2D eigenvalue weighted by atomic mass is 10.0. The van der Waals surface area contributed by atoms with E-state index < -0.39 is 6.04 Å². The van der Waals surface area contributed by atoms with Crippen LogP contribution < -0.4 is 5.32 Å².